The Bertz CT molecular complexity index is 536. The Balaban J connectivity index is 1.76. The van der Waals surface area contributed by atoms with Gasteiger partial charge >= 0.3 is 0 Å². The molecule has 22 heavy (non-hydrogen) atoms. The van der Waals surface area contributed by atoms with Crippen LogP contribution in [0.25, 0.3) is 0 Å². The highest BCUT2D eigenvalue weighted by atomic mass is 16.3. The van der Waals surface area contributed by atoms with E-state index in [1.165, 1.54) is 18.4 Å². The van der Waals surface area contributed by atoms with Crippen LogP contribution in [0.1, 0.15) is 52.9 Å². The summed E-state index contributed by atoms with van der Waals surface area (Å²) in [4.78, 5) is 0. The first-order valence-corrected chi connectivity index (χ1v) is 9.13. The second kappa shape index (κ2) is 4.70. The molecule has 0 aromatic carbocycles. The van der Waals surface area contributed by atoms with E-state index in [4.69, 9.17) is 0 Å². The monoisotopic (exact) mass is 302 g/mol. The van der Waals surface area contributed by atoms with Crippen molar-refractivity contribution in [3.05, 3.63) is 23.8 Å². The number of rotatable bonds is 0. The first-order chi connectivity index (χ1) is 10.4. The van der Waals surface area contributed by atoms with E-state index in [-0.39, 0.29) is 23.0 Å². The number of aliphatic hydroxyl groups excluding tert-OH is 2. The first kappa shape index (κ1) is 15.0. The third-order valence-corrected chi connectivity index (χ3v) is 7.91. The SMILES string of the molecule is C[C@H]1C=C2C[C@@H](O)C=C[C@]2(C)[C@H]2CC[C@]3(C)[C@@H](O)CC[C@H]3[C@H]12. The maximum Gasteiger partial charge on any atom is 0.0758 e. The molecule has 0 saturated heterocycles. The molecular formula is C20H30O2. The van der Waals surface area contributed by atoms with Gasteiger partial charge in [-0.15, -0.1) is 0 Å². The molecule has 0 spiro atoms. The summed E-state index contributed by atoms with van der Waals surface area (Å²) >= 11 is 0. The van der Waals surface area contributed by atoms with Crippen molar-refractivity contribution in [2.45, 2.75) is 65.1 Å². The maximum atomic E-state index is 10.5. The second-order valence-electron chi connectivity index (χ2n) is 8.89. The van der Waals surface area contributed by atoms with Crippen LogP contribution < -0.4 is 0 Å². The molecule has 0 heterocycles. The topological polar surface area (TPSA) is 40.5 Å². The molecule has 0 aliphatic heterocycles. The molecule has 0 bridgehead atoms. The summed E-state index contributed by atoms with van der Waals surface area (Å²) in [6, 6.07) is 0. The molecule has 0 radical (unpaired) electrons. The molecule has 4 aliphatic rings. The fraction of sp³-hybridized carbons (Fsp3) is 0.800. The molecule has 4 rings (SSSR count). The normalized spacial score (nSPS) is 56.9. The Labute approximate surface area is 134 Å². The van der Waals surface area contributed by atoms with Gasteiger partial charge in [0.15, 0.2) is 0 Å². The minimum absolute atomic E-state index is 0.104. The van der Waals surface area contributed by atoms with Crippen molar-refractivity contribution >= 4 is 0 Å². The molecular weight excluding hydrogens is 272 g/mol. The van der Waals surface area contributed by atoms with E-state index in [2.05, 4.69) is 32.9 Å². The summed E-state index contributed by atoms with van der Waals surface area (Å²) < 4.78 is 0. The van der Waals surface area contributed by atoms with E-state index in [1.54, 1.807) is 0 Å². The van der Waals surface area contributed by atoms with Crippen molar-refractivity contribution in [3.63, 3.8) is 0 Å². The Morgan fingerprint density at radius 1 is 1.09 bits per heavy atom. The van der Waals surface area contributed by atoms with Crippen molar-refractivity contribution in [2.75, 3.05) is 0 Å². The van der Waals surface area contributed by atoms with Crippen LogP contribution in [0.5, 0.6) is 0 Å². The summed E-state index contributed by atoms with van der Waals surface area (Å²) in [5.41, 5.74) is 1.72. The third kappa shape index (κ3) is 1.80. The van der Waals surface area contributed by atoms with Crippen LogP contribution in [0.4, 0.5) is 0 Å². The molecule has 122 valence electrons. The van der Waals surface area contributed by atoms with Crippen LogP contribution in [-0.4, -0.2) is 22.4 Å². The van der Waals surface area contributed by atoms with Crippen molar-refractivity contribution in [1.82, 2.24) is 0 Å². The zero-order chi connectivity index (χ0) is 15.7. The fourth-order valence-electron chi connectivity index (χ4n) is 6.57. The van der Waals surface area contributed by atoms with E-state index >= 15 is 0 Å². The van der Waals surface area contributed by atoms with Crippen LogP contribution in [0.15, 0.2) is 23.8 Å². The first-order valence-electron chi connectivity index (χ1n) is 9.13. The molecule has 2 nitrogen and oxygen atoms in total. The van der Waals surface area contributed by atoms with E-state index in [0.29, 0.717) is 23.7 Å². The van der Waals surface area contributed by atoms with Crippen molar-refractivity contribution < 1.29 is 10.2 Å². The molecule has 8 atom stereocenters. The van der Waals surface area contributed by atoms with Crippen molar-refractivity contribution in [3.8, 4) is 0 Å². The molecule has 2 fully saturated rings. The lowest BCUT2D eigenvalue weighted by molar-refractivity contribution is -0.0686. The lowest BCUT2D eigenvalue weighted by atomic mass is 9.47. The van der Waals surface area contributed by atoms with Gasteiger partial charge in [-0.25, -0.2) is 0 Å². The predicted octanol–water partition coefficient (Wildman–Crippen LogP) is 3.69. The summed E-state index contributed by atoms with van der Waals surface area (Å²) in [5.74, 6) is 2.59. The molecule has 4 aliphatic carbocycles. The Morgan fingerprint density at radius 2 is 1.86 bits per heavy atom. The van der Waals surface area contributed by atoms with Gasteiger partial charge in [0.05, 0.1) is 12.2 Å². The van der Waals surface area contributed by atoms with Crippen molar-refractivity contribution in [2.24, 2.45) is 34.5 Å². The minimum atomic E-state index is -0.301. The average Bonchev–Trinajstić information content (AvgIpc) is 2.77. The van der Waals surface area contributed by atoms with Gasteiger partial charge in [-0.1, -0.05) is 44.6 Å². The van der Waals surface area contributed by atoms with Crippen LogP contribution in [-0.2, 0) is 0 Å². The van der Waals surface area contributed by atoms with Gasteiger partial charge in [-0.3, -0.25) is 0 Å². The standard InChI is InChI=1S/C20H30O2/c1-12-10-13-11-14(21)6-8-19(13,2)16-7-9-20(3)15(18(12)16)4-5-17(20)22/h6,8,10,12,14-18,21-22H,4-5,7,9,11H2,1-3H3/t12-,14-,15-,16-,17-,18-,19-,20-/m0/s1. The molecule has 2 saturated carbocycles. The highest BCUT2D eigenvalue weighted by Gasteiger charge is 2.59. The van der Waals surface area contributed by atoms with Crippen molar-refractivity contribution in [1.29, 1.82) is 0 Å². The maximum absolute atomic E-state index is 10.5. The van der Waals surface area contributed by atoms with Crippen LogP contribution in [0, 0.1) is 34.5 Å². The fourth-order valence-corrected chi connectivity index (χ4v) is 6.57. The summed E-state index contributed by atoms with van der Waals surface area (Å²) in [6.07, 6.45) is 11.7. The van der Waals surface area contributed by atoms with Crippen LogP contribution in [0.2, 0.25) is 0 Å². The quantitative estimate of drug-likeness (QED) is 0.670. The minimum Gasteiger partial charge on any atom is -0.393 e. The average molecular weight is 302 g/mol. The lowest BCUT2D eigenvalue weighted by Gasteiger charge is -2.58. The number of allylic oxidation sites excluding steroid dienone is 2. The van der Waals surface area contributed by atoms with E-state index < -0.39 is 0 Å². The summed E-state index contributed by atoms with van der Waals surface area (Å²) in [7, 11) is 0. The Hall–Kier alpha value is -0.600. The van der Waals surface area contributed by atoms with Gasteiger partial charge in [0.1, 0.15) is 0 Å². The second-order valence-corrected chi connectivity index (χ2v) is 8.89. The van der Waals surface area contributed by atoms with Crippen LogP contribution in [0.3, 0.4) is 0 Å². The molecule has 0 aromatic rings. The Morgan fingerprint density at radius 3 is 2.64 bits per heavy atom. The zero-order valence-corrected chi connectivity index (χ0v) is 14.1. The van der Waals surface area contributed by atoms with Gasteiger partial charge in [0.25, 0.3) is 0 Å². The highest BCUT2D eigenvalue weighted by Crippen LogP contribution is 2.64. The van der Waals surface area contributed by atoms with Crippen LogP contribution >= 0.6 is 0 Å². The van der Waals surface area contributed by atoms with Gasteiger partial charge < -0.3 is 10.2 Å². The van der Waals surface area contributed by atoms with Gasteiger partial charge in [-0.05, 0) is 61.2 Å². The number of fused-ring (bicyclic) bond motifs is 5. The number of hydrogen-bond donors (Lipinski definition) is 2. The summed E-state index contributed by atoms with van der Waals surface area (Å²) in [5, 5.41) is 20.5. The largest absolute Gasteiger partial charge is 0.393 e. The van der Waals surface area contributed by atoms with E-state index in [9.17, 15) is 10.2 Å². The molecule has 0 aromatic heterocycles. The molecule has 0 amide bonds. The van der Waals surface area contributed by atoms with E-state index in [1.807, 2.05) is 6.08 Å². The zero-order valence-electron chi connectivity index (χ0n) is 14.1. The summed E-state index contributed by atoms with van der Waals surface area (Å²) in [6.45, 7) is 7.09. The molecule has 0 unspecified atom stereocenters. The predicted molar refractivity (Wildman–Crippen MR) is 88.2 cm³/mol. The molecule has 2 N–H and O–H groups in total. The highest BCUT2D eigenvalue weighted by molar-refractivity contribution is 5.33. The van der Waals surface area contributed by atoms with Gasteiger partial charge in [-0.2, -0.15) is 0 Å². The van der Waals surface area contributed by atoms with E-state index in [0.717, 1.165) is 19.3 Å². The smallest absolute Gasteiger partial charge is 0.0758 e. The lowest BCUT2D eigenvalue weighted by Crippen LogP contribution is -2.52. The molecule has 2 heteroatoms. The van der Waals surface area contributed by atoms with Gasteiger partial charge in [0, 0.05) is 5.41 Å². The number of hydrogen-bond acceptors (Lipinski definition) is 2. The number of aliphatic hydroxyl groups is 2. The van der Waals surface area contributed by atoms with Gasteiger partial charge in [0.2, 0.25) is 0 Å². The third-order valence-electron chi connectivity index (χ3n) is 7.91. The Kier molecular flexibility index (Phi) is 3.20.